The van der Waals surface area contributed by atoms with Crippen LogP contribution in [0.4, 0.5) is 0 Å². The SMILES string of the molecule is C[C@H](C1CC1)N1CCC23CCCCC2[C@H]1Cc1ccc(C(N)=O)cc13. The van der Waals surface area contributed by atoms with E-state index in [-0.39, 0.29) is 5.91 Å². The molecule has 5 rings (SSSR count). The van der Waals surface area contributed by atoms with Crippen LogP contribution < -0.4 is 5.73 Å². The van der Waals surface area contributed by atoms with E-state index in [9.17, 15) is 4.79 Å². The lowest BCUT2D eigenvalue weighted by atomic mass is 9.52. The van der Waals surface area contributed by atoms with Crippen LogP contribution in [0.1, 0.15) is 73.4 Å². The van der Waals surface area contributed by atoms with Gasteiger partial charge in [0.25, 0.3) is 0 Å². The third-order valence-electron chi connectivity index (χ3n) is 7.99. The molecule has 25 heavy (non-hydrogen) atoms. The normalized spacial score (nSPS) is 35.6. The van der Waals surface area contributed by atoms with Gasteiger partial charge in [-0.25, -0.2) is 0 Å². The molecule has 1 aliphatic heterocycles. The molecule has 2 bridgehead atoms. The summed E-state index contributed by atoms with van der Waals surface area (Å²) in [6.07, 6.45) is 10.7. The molecule has 3 heteroatoms. The molecule has 2 N–H and O–H groups in total. The number of carbonyl (C=O) groups is 1. The lowest BCUT2D eigenvalue weighted by Crippen LogP contribution is -2.63. The Morgan fingerprint density at radius 2 is 2.08 bits per heavy atom. The largest absolute Gasteiger partial charge is 0.366 e. The summed E-state index contributed by atoms with van der Waals surface area (Å²) >= 11 is 0. The van der Waals surface area contributed by atoms with Crippen molar-refractivity contribution in [3.63, 3.8) is 0 Å². The zero-order valence-electron chi connectivity index (χ0n) is 15.3. The van der Waals surface area contributed by atoms with E-state index in [4.69, 9.17) is 5.73 Å². The molecule has 1 saturated heterocycles. The first kappa shape index (κ1) is 15.9. The fourth-order valence-electron chi connectivity index (χ4n) is 6.54. The Labute approximate surface area is 151 Å². The highest BCUT2D eigenvalue weighted by molar-refractivity contribution is 5.93. The highest BCUT2D eigenvalue weighted by Crippen LogP contribution is 2.56. The van der Waals surface area contributed by atoms with Crippen molar-refractivity contribution in [3.8, 4) is 0 Å². The number of nitrogens with two attached hydrogens (primary N) is 1. The molecule has 4 atom stereocenters. The van der Waals surface area contributed by atoms with Crippen molar-refractivity contribution >= 4 is 5.91 Å². The second kappa shape index (κ2) is 5.57. The molecule has 3 fully saturated rings. The third-order valence-corrected chi connectivity index (χ3v) is 7.99. The fourth-order valence-corrected chi connectivity index (χ4v) is 6.54. The fraction of sp³-hybridized carbons (Fsp3) is 0.682. The van der Waals surface area contributed by atoms with Crippen molar-refractivity contribution in [2.45, 2.75) is 75.8 Å². The van der Waals surface area contributed by atoms with Crippen molar-refractivity contribution in [2.75, 3.05) is 6.54 Å². The van der Waals surface area contributed by atoms with Gasteiger partial charge in [-0.05, 0) is 87.1 Å². The third kappa shape index (κ3) is 2.31. The minimum Gasteiger partial charge on any atom is -0.366 e. The van der Waals surface area contributed by atoms with E-state index < -0.39 is 0 Å². The van der Waals surface area contributed by atoms with E-state index in [1.54, 1.807) is 0 Å². The number of hydrogen-bond donors (Lipinski definition) is 1. The van der Waals surface area contributed by atoms with Crippen LogP contribution in [-0.2, 0) is 11.8 Å². The van der Waals surface area contributed by atoms with Gasteiger partial charge in [0.05, 0.1) is 0 Å². The summed E-state index contributed by atoms with van der Waals surface area (Å²) in [5.74, 6) is 1.43. The number of fused-ring (bicyclic) bond motifs is 1. The highest BCUT2D eigenvalue weighted by atomic mass is 16.1. The van der Waals surface area contributed by atoms with Gasteiger partial charge in [0, 0.05) is 23.1 Å². The van der Waals surface area contributed by atoms with Gasteiger partial charge in [-0.15, -0.1) is 0 Å². The summed E-state index contributed by atoms with van der Waals surface area (Å²) < 4.78 is 0. The second-order valence-corrected chi connectivity index (χ2v) is 9.08. The van der Waals surface area contributed by atoms with Crippen LogP contribution in [-0.4, -0.2) is 29.4 Å². The highest BCUT2D eigenvalue weighted by Gasteiger charge is 2.55. The number of primary amides is 1. The number of nitrogens with zero attached hydrogens (tertiary/aromatic N) is 1. The summed E-state index contributed by atoms with van der Waals surface area (Å²) in [4.78, 5) is 14.6. The van der Waals surface area contributed by atoms with Crippen molar-refractivity contribution in [3.05, 3.63) is 34.9 Å². The standard InChI is InChI=1S/C22H30N2O/c1-14(15-5-6-15)24-11-10-22-9-3-2-4-18(22)20(24)13-16-7-8-17(21(23)25)12-19(16)22/h7-8,12,14-15,18,20H,2-6,9-11,13H2,1H3,(H2,23,25)/t14-,18?,20-,22?/m1/s1. The van der Waals surface area contributed by atoms with Crippen LogP contribution >= 0.6 is 0 Å². The van der Waals surface area contributed by atoms with E-state index in [0.29, 0.717) is 17.0 Å². The van der Waals surface area contributed by atoms with Crippen LogP contribution in [0.25, 0.3) is 0 Å². The zero-order chi connectivity index (χ0) is 17.2. The van der Waals surface area contributed by atoms with Crippen molar-refractivity contribution in [1.29, 1.82) is 0 Å². The molecule has 1 heterocycles. The molecule has 3 nitrogen and oxygen atoms in total. The average molecular weight is 338 g/mol. The molecule has 134 valence electrons. The molecule has 4 aliphatic rings. The Morgan fingerprint density at radius 3 is 2.84 bits per heavy atom. The number of rotatable bonds is 3. The zero-order valence-corrected chi connectivity index (χ0v) is 15.3. The molecule has 2 saturated carbocycles. The van der Waals surface area contributed by atoms with Gasteiger partial charge in [0.1, 0.15) is 0 Å². The molecule has 1 aromatic rings. The molecular weight excluding hydrogens is 308 g/mol. The van der Waals surface area contributed by atoms with Gasteiger partial charge in [0.2, 0.25) is 5.91 Å². The van der Waals surface area contributed by atoms with Gasteiger partial charge < -0.3 is 5.73 Å². The molecular formula is C22H30N2O. The Balaban J connectivity index is 1.59. The van der Waals surface area contributed by atoms with Crippen molar-refractivity contribution in [1.82, 2.24) is 4.90 Å². The van der Waals surface area contributed by atoms with E-state index >= 15 is 0 Å². The van der Waals surface area contributed by atoms with Crippen LogP contribution in [0.2, 0.25) is 0 Å². The number of benzene rings is 1. The number of likely N-dealkylation sites (tertiary alicyclic amines) is 1. The average Bonchev–Trinajstić information content (AvgIpc) is 3.46. The first-order chi connectivity index (χ1) is 12.1. The first-order valence-corrected chi connectivity index (χ1v) is 10.3. The first-order valence-electron chi connectivity index (χ1n) is 10.3. The van der Waals surface area contributed by atoms with E-state index in [2.05, 4.69) is 24.0 Å². The summed E-state index contributed by atoms with van der Waals surface area (Å²) in [6, 6.07) is 7.77. The summed E-state index contributed by atoms with van der Waals surface area (Å²) in [7, 11) is 0. The smallest absolute Gasteiger partial charge is 0.248 e. The predicted octanol–water partition coefficient (Wildman–Crippen LogP) is 3.64. The molecule has 0 aromatic heterocycles. The lowest BCUT2D eigenvalue weighted by Gasteiger charge is -2.60. The summed E-state index contributed by atoms with van der Waals surface area (Å²) in [5, 5.41) is 0. The summed E-state index contributed by atoms with van der Waals surface area (Å²) in [6.45, 7) is 3.71. The maximum Gasteiger partial charge on any atom is 0.248 e. The number of amides is 1. The Morgan fingerprint density at radius 1 is 1.24 bits per heavy atom. The van der Waals surface area contributed by atoms with Crippen LogP contribution in [0, 0.1) is 11.8 Å². The molecule has 0 spiro atoms. The number of carbonyl (C=O) groups excluding carboxylic acids is 1. The molecule has 1 amide bonds. The van der Waals surface area contributed by atoms with E-state index in [1.807, 2.05) is 6.07 Å². The van der Waals surface area contributed by atoms with Crippen molar-refractivity contribution < 1.29 is 4.79 Å². The summed E-state index contributed by atoms with van der Waals surface area (Å²) in [5.41, 5.74) is 9.56. The number of piperidine rings is 1. The minimum atomic E-state index is -0.284. The van der Waals surface area contributed by atoms with E-state index in [1.165, 1.54) is 62.6 Å². The maximum absolute atomic E-state index is 11.8. The Bertz CT molecular complexity index is 710. The van der Waals surface area contributed by atoms with Crippen molar-refractivity contribution in [2.24, 2.45) is 17.6 Å². The van der Waals surface area contributed by atoms with Gasteiger partial charge in [-0.2, -0.15) is 0 Å². The van der Waals surface area contributed by atoms with Gasteiger partial charge in [-0.1, -0.05) is 18.9 Å². The lowest BCUT2D eigenvalue weighted by molar-refractivity contribution is -0.0343. The topological polar surface area (TPSA) is 46.3 Å². The molecule has 3 aliphatic carbocycles. The van der Waals surface area contributed by atoms with Crippen LogP contribution in [0.5, 0.6) is 0 Å². The molecule has 2 unspecified atom stereocenters. The van der Waals surface area contributed by atoms with Gasteiger partial charge in [0.15, 0.2) is 0 Å². The maximum atomic E-state index is 11.8. The number of hydrogen-bond acceptors (Lipinski definition) is 2. The van der Waals surface area contributed by atoms with Gasteiger partial charge in [-0.3, -0.25) is 9.69 Å². The second-order valence-electron chi connectivity index (χ2n) is 9.08. The monoisotopic (exact) mass is 338 g/mol. The van der Waals surface area contributed by atoms with Crippen LogP contribution in [0.15, 0.2) is 18.2 Å². The quantitative estimate of drug-likeness (QED) is 0.914. The minimum absolute atomic E-state index is 0.284. The Kier molecular flexibility index (Phi) is 3.54. The van der Waals surface area contributed by atoms with E-state index in [0.717, 1.165) is 24.3 Å². The van der Waals surface area contributed by atoms with Crippen LogP contribution in [0.3, 0.4) is 0 Å². The molecule has 0 radical (unpaired) electrons. The predicted molar refractivity (Wildman–Crippen MR) is 99.6 cm³/mol. The molecule has 1 aromatic carbocycles. The Hall–Kier alpha value is -1.35. The van der Waals surface area contributed by atoms with Gasteiger partial charge >= 0.3 is 0 Å².